The summed E-state index contributed by atoms with van der Waals surface area (Å²) in [5.74, 6) is -1.71. The van der Waals surface area contributed by atoms with Crippen LogP contribution in [0, 0.1) is 0 Å². The Labute approximate surface area is 146 Å². The number of benzene rings is 1. The quantitative estimate of drug-likeness (QED) is 0.754. The lowest BCUT2D eigenvalue weighted by molar-refractivity contribution is -0.157. The predicted octanol–water partition coefficient (Wildman–Crippen LogP) is 3.59. The maximum atomic E-state index is 12.8. The number of rotatable bonds is 2. The van der Waals surface area contributed by atoms with Crippen molar-refractivity contribution in [3.05, 3.63) is 47.8 Å². The van der Waals surface area contributed by atoms with Gasteiger partial charge in [0.05, 0.1) is 5.56 Å². The predicted molar refractivity (Wildman–Crippen MR) is 85.5 cm³/mol. The highest BCUT2D eigenvalue weighted by atomic mass is 19.4. The van der Waals surface area contributed by atoms with Crippen LogP contribution in [-0.4, -0.2) is 39.1 Å². The third-order valence-corrected chi connectivity index (χ3v) is 4.63. The van der Waals surface area contributed by atoms with Crippen molar-refractivity contribution < 1.29 is 22.4 Å². The lowest BCUT2D eigenvalue weighted by atomic mass is 9.96. The number of H-pyrrole nitrogens is 1. The van der Waals surface area contributed by atoms with E-state index in [0.717, 1.165) is 10.9 Å². The molecular formula is C17H15F3N4O2. The Balaban J connectivity index is 1.45. The van der Waals surface area contributed by atoms with E-state index < -0.39 is 12.1 Å². The van der Waals surface area contributed by atoms with Gasteiger partial charge in [0, 0.05) is 36.1 Å². The molecule has 2 aromatic heterocycles. The average Bonchev–Trinajstić information content (AvgIpc) is 3.28. The summed E-state index contributed by atoms with van der Waals surface area (Å²) in [5.41, 5.74) is 1.48. The van der Waals surface area contributed by atoms with E-state index in [2.05, 4.69) is 15.2 Å². The van der Waals surface area contributed by atoms with Gasteiger partial charge in [0.25, 0.3) is 5.91 Å². The minimum absolute atomic E-state index is 0.0171. The second kappa shape index (κ2) is 6.15. The summed E-state index contributed by atoms with van der Waals surface area (Å²) in [6.45, 7) is 0.847. The summed E-state index contributed by atoms with van der Waals surface area (Å²) in [4.78, 5) is 17.5. The molecule has 0 aliphatic carbocycles. The summed E-state index contributed by atoms with van der Waals surface area (Å²) >= 11 is 0. The van der Waals surface area contributed by atoms with Crippen LogP contribution in [-0.2, 0) is 6.18 Å². The first-order valence-electron chi connectivity index (χ1n) is 8.19. The van der Waals surface area contributed by atoms with Gasteiger partial charge in [0.2, 0.25) is 5.89 Å². The van der Waals surface area contributed by atoms with Crippen molar-refractivity contribution >= 4 is 16.8 Å². The highest BCUT2D eigenvalue weighted by Crippen LogP contribution is 2.33. The number of amides is 1. The number of aromatic nitrogens is 3. The summed E-state index contributed by atoms with van der Waals surface area (Å²) in [6.07, 6.45) is -1.99. The first kappa shape index (κ1) is 16.6. The van der Waals surface area contributed by atoms with Crippen molar-refractivity contribution in [3.63, 3.8) is 0 Å². The molecule has 3 aromatic rings. The summed E-state index contributed by atoms with van der Waals surface area (Å²) in [5, 5.41) is 7.44. The maximum Gasteiger partial charge on any atom is 0.470 e. The van der Waals surface area contributed by atoms with Crippen LogP contribution >= 0.6 is 0 Å². The number of para-hydroxylation sites is 1. The van der Waals surface area contributed by atoms with E-state index in [1.54, 1.807) is 11.1 Å². The number of carbonyl (C=O) groups is 1. The minimum atomic E-state index is -4.64. The van der Waals surface area contributed by atoms with Crippen LogP contribution in [0.1, 0.15) is 40.9 Å². The standard InChI is InChI=1S/C17H15F3N4O2/c18-17(19,20)16-23-22-14(26-16)10-5-7-24(8-6-10)15(25)12-9-21-13-4-2-1-3-11(12)13/h1-4,9-10,21H,5-8H2. The van der Waals surface area contributed by atoms with Crippen LogP contribution in [0.5, 0.6) is 0 Å². The Hall–Kier alpha value is -2.84. The van der Waals surface area contributed by atoms with Crippen molar-refractivity contribution in [2.45, 2.75) is 24.9 Å². The second-order valence-corrected chi connectivity index (χ2v) is 6.26. The van der Waals surface area contributed by atoms with Crippen LogP contribution in [0.25, 0.3) is 10.9 Å². The highest BCUT2D eigenvalue weighted by Gasteiger charge is 2.39. The molecule has 1 fully saturated rings. The van der Waals surface area contributed by atoms with Crippen LogP contribution in [0.2, 0.25) is 0 Å². The number of alkyl halides is 3. The zero-order valence-corrected chi connectivity index (χ0v) is 13.6. The van der Waals surface area contributed by atoms with Gasteiger partial charge in [-0.15, -0.1) is 10.2 Å². The fourth-order valence-corrected chi connectivity index (χ4v) is 3.26. The summed E-state index contributed by atoms with van der Waals surface area (Å²) in [6, 6.07) is 7.53. The molecule has 6 nitrogen and oxygen atoms in total. The minimum Gasteiger partial charge on any atom is -0.417 e. The molecule has 0 spiro atoms. The number of hydrogen-bond acceptors (Lipinski definition) is 4. The zero-order chi connectivity index (χ0) is 18.3. The van der Waals surface area contributed by atoms with E-state index >= 15 is 0 Å². The molecule has 0 saturated carbocycles. The van der Waals surface area contributed by atoms with Gasteiger partial charge in [-0.3, -0.25) is 4.79 Å². The normalized spacial score (nSPS) is 16.3. The Morgan fingerprint density at radius 2 is 1.92 bits per heavy atom. The van der Waals surface area contributed by atoms with E-state index in [1.165, 1.54) is 0 Å². The molecule has 0 unspecified atom stereocenters. The molecule has 136 valence electrons. The molecule has 0 atom stereocenters. The van der Waals surface area contributed by atoms with Crippen molar-refractivity contribution in [1.82, 2.24) is 20.1 Å². The number of carbonyl (C=O) groups excluding carboxylic acids is 1. The molecule has 3 heterocycles. The van der Waals surface area contributed by atoms with Crippen LogP contribution in [0.4, 0.5) is 13.2 Å². The molecule has 1 aliphatic rings. The maximum absolute atomic E-state index is 12.8. The highest BCUT2D eigenvalue weighted by molar-refractivity contribution is 6.06. The lowest BCUT2D eigenvalue weighted by Gasteiger charge is -2.30. The average molecular weight is 364 g/mol. The van der Waals surface area contributed by atoms with E-state index in [9.17, 15) is 18.0 Å². The number of nitrogens with zero attached hydrogens (tertiary/aromatic N) is 3. The van der Waals surface area contributed by atoms with Gasteiger partial charge in [-0.1, -0.05) is 18.2 Å². The fraction of sp³-hybridized carbons (Fsp3) is 0.353. The van der Waals surface area contributed by atoms with Crippen molar-refractivity contribution in [2.75, 3.05) is 13.1 Å². The van der Waals surface area contributed by atoms with Crippen molar-refractivity contribution in [2.24, 2.45) is 0 Å². The van der Waals surface area contributed by atoms with Gasteiger partial charge in [-0.2, -0.15) is 13.2 Å². The van der Waals surface area contributed by atoms with Crippen molar-refractivity contribution in [3.8, 4) is 0 Å². The molecule has 1 aliphatic heterocycles. The van der Waals surface area contributed by atoms with Crippen molar-refractivity contribution in [1.29, 1.82) is 0 Å². The first-order chi connectivity index (χ1) is 12.4. The summed E-state index contributed by atoms with van der Waals surface area (Å²) < 4.78 is 42.5. The molecule has 0 bridgehead atoms. The van der Waals surface area contributed by atoms with Gasteiger partial charge in [-0.25, -0.2) is 0 Å². The van der Waals surface area contributed by atoms with Crippen LogP contribution < -0.4 is 0 Å². The van der Waals surface area contributed by atoms with Gasteiger partial charge >= 0.3 is 12.1 Å². The molecule has 4 rings (SSSR count). The molecule has 1 saturated heterocycles. The zero-order valence-electron chi connectivity index (χ0n) is 13.6. The number of hydrogen-bond donors (Lipinski definition) is 1. The van der Waals surface area contributed by atoms with E-state index in [1.807, 2.05) is 24.3 Å². The molecule has 1 amide bonds. The number of likely N-dealkylation sites (tertiary alicyclic amines) is 1. The van der Waals surface area contributed by atoms with E-state index in [4.69, 9.17) is 4.42 Å². The third-order valence-electron chi connectivity index (χ3n) is 4.63. The molecule has 26 heavy (non-hydrogen) atoms. The number of halogens is 3. The Kier molecular flexibility index (Phi) is 3.93. The molecule has 9 heteroatoms. The lowest BCUT2D eigenvalue weighted by Crippen LogP contribution is -2.37. The number of aromatic amines is 1. The second-order valence-electron chi connectivity index (χ2n) is 6.26. The largest absolute Gasteiger partial charge is 0.470 e. The van der Waals surface area contributed by atoms with Crippen LogP contribution in [0.3, 0.4) is 0 Å². The SMILES string of the molecule is O=C(c1c[nH]c2ccccc12)N1CCC(c2nnc(C(F)(F)F)o2)CC1. The monoisotopic (exact) mass is 364 g/mol. The number of nitrogens with one attached hydrogen (secondary N) is 1. The number of piperidine rings is 1. The Bertz CT molecular complexity index is 939. The van der Waals surface area contributed by atoms with Gasteiger partial charge in [-0.05, 0) is 18.9 Å². The smallest absolute Gasteiger partial charge is 0.417 e. The molecule has 1 aromatic carbocycles. The first-order valence-corrected chi connectivity index (χ1v) is 8.19. The third kappa shape index (κ3) is 2.93. The summed E-state index contributed by atoms with van der Waals surface area (Å²) in [7, 11) is 0. The Morgan fingerprint density at radius 1 is 1.19 bits per heavy atom. The van der Waals surface area contributed by atoms with E-state index in [0.29, 0.717) is 31.5 Å². The van der Waals surface area contributed by atoms with E-state index in [-0.39, 0.29) is 17.7 Å². The molecule has 0 radical (unpaired) electrons. The fourth-order valence-electron chi connectivity index (χ4n) is 3.26. The van der Waals surface area contributed by atoms with Gasteiger partial charge in [0.1, 0.15) is 0 Å². The molecule has 1 N–H and O–H groups in total. The van der Waals surface area contributed by atoms with Crippen LogP contribution in [0.15, 0.2) is 34.9 Å². The topological polar surface area (TPSA) is 75.0 Å². The van der Waals surface area contributed by atoms with Gasteiger partial charge < -0.3 is 14.3 Å². The Morgan fingerprint density at radius 3 is 2.62 bits per heavy atom. The number of fused-ring (bicyclic) bond motifs is 1. The van der Waals surface area contributed by atoms with Gasteiger partial charge in [0.15, 0.2) is 0 Å². The molecular weight excluding hydrogens is 349 g/mol.